The molecule has 0 nitrogen and oxygen atoms in total. The molecule has 44 heavy (non-hydrogen) atoms. The van der Waals surface area contributed by atoms with E-state index in [2.05, 4.69) is 0 Å². The molecular formula is C44H30. The maximum Gasteiger partial charge on any atom is 0.0636 e. The van der Waals surface area contributed by atoms with Gasteiger partial charge in [0.25, 0.3) is 0 Å². The highest BCUT2D eigenvalue weighted by atomic mass is 14.3. The van der Waals surface area contributed by atoms with E-state index in [0.717, 1.165) is 0 Å². The first-order chi connectivity index (χ1) is 34.3. The van der Waals surface area contributed by atoms with Gasteiger partial charge in [-0.25, -0.2) is 0 Å². The number of hydrogen-bond acceptors (Lipinski definition) is 0. The predicted octanol–water partition coefficient (Wildman–Crippen LogP) is 12.3. The van der Waals surface area contributed by atoms with Gasteiger partial charge in [-0.2, -0.15) is 0 Å². The molecule has 0 N–H and O–H groups in total. The van der Waals surface area contributed by atoms with Gasteiger partial charge in [0.15, 0.2) is 0 Å². The van der Waals surface area contributed by atoms with Gasteiger partial charge in [-0.15, -0.1) is 0 Å². The number of hydrogen-bond donors (Lipinski definition) is 0. The van der Waals surface area contributed by atoms with Crippen molar-refractivity contribution in [2.24, 2.45) is 0 Å². The molecule has 0 aliphatic carbocycles. The number of rotatable bonds is 5. The summed E-state index contributed by atoms with van der Waals surface area (Å²) in [4.78, 5) is 0. The summed E-state index contributed by atoms with van der Waals surface area (Å²) in [5, 5.41) is -3.64. The smallest absolute Gasteiger partial charge is 0.0622 e. The zero-order valence-electron chi connectivity index (χ0n) is 52.0. The van der Waals surface area contributed by atoms with Gasteiger partial charge in [-0.05, 0) is 89.3 Å². The Kier molecular flexibility index (Phi) is 2.38. The molecule has 8 aromatic rings. The van der Waals surface area contributed by atoms with Crippen molar-refractivity contribution in [2.75, 3.05) is 0 Å². The van der Waals surface area contributed by atoms with Gasteiger partial charge in [0.05, 0.1) is 41.1 Å². The van der Waals surface area contributed by atoms with E-state index in [1.165, 1.54) is 0 Å². The fraction of sp³-hybridized carbons (Fsp3) is 0. The summed E-state index contributed by atoms with van der Waals surface area (Å²) in [5.41, 5.74) is -10.1. The summed E-state index contributed by atoms with van der Waals surface area (Å²) < 4.78 is 270. The predicted molar refractivity (Wildman–Crippen MR) is 189 cm³/mol. The average molecular weight is 589 g/mol. The van der Waals surface area contributed by atoms with Crippen molar-refractivity contribution in [3.05, 3.63) is 181 Å². The van der Waals surface area contributed by atoms with Gasteiger partial charge in [0, 0.05) is 0 Å². The quantitative estimate of drug-likeness (QED) is 0.175. The molecule has 0 heteroatoms. The largest absolute Gasteiger partial charge is 0.0636 e. The molecule has 0 spiro atoms. The molecule has 0 saturated heterocycles. The van der Waals surface area contributed by atoms with Crippen LogP contribution in [-0.4, -0.2) is 0 Å². The van der Waals surface area contributed by atoms with Crippen LogP contribution in [0.2, 0.25) is 0 Å². The van der Waals surface area contributed by atoms with Crippen molar-refractivity contribution in [1.82, 2.24) is 0 Å². The third-order valence-corrected chi connectivity index (χ3v) is 6.62. The minimum Gasteiger partial charge on any atom is -0.0622 e. The second-order valence-electron chi connectivity index (χ2n) is 9.00. The summed E-state index contributed by atoms with van der Waals surface area (Å²) in [5.74, 6) is 0. The van der Waals surface area contributed by atoms with Crippen LogP contribution in [0, 0.1) is 0 Å². The monoisotopic (exact) mass is 588 g/mol. The summed E-state index contributed by atoms with van der Waals surface area (Å²) >= 11 is 0. The van der Waals surface area contributed by atoms with Gasteiger partial charge in [-0.1, -0.05) is 169 Å². The van der Waals surface area contributed by atoms with E-state index in [0.29, 0.717) is 0 Å². The van der Waals surface area contributed by atoms with E-state index in [9.17, 15) is 13.7 Å². The standard InChI is InChI=1S/C44H30/c1-5-17-31(18-6-1)35-29-40(32-19-7-2-8-20-32)44(41(30-35)33-21-9-3-10-22-33)43-38-27-15-13-25-36(38)42(34-23-11-4-12-24-34)37-26-14-16-28-39(37)43/h1-30H/i1D,2D,3D,4D,5D,6D,7D,8D,9D,10D,11D,12D,13D,14D,15D,16D,17D,18D,19D,20D,21D,22D,23D,24D,25D,26D,27D,28D,29D,30D. The molecule has 0 unspecified atom stereocenters. The van der Waals surface area contributed by atoms with Gasteiger partial charge in [0.1, 0.15) is 0 Å². The van der Waals surface area contributed by atoms with Crippen molar-refractivity contribution < 1.29 is 41.1 Å². The third kappa shape index (κ3) is 4.49. The molecular weight excluding hydrogens is 528 g/mol. The Morgan fingerprint density at radius 1 is 0.250 bits per heavy atom. The highest BCUT2D eigenvalue weighted by molar-refractivity contribution is 6.24. The first-order valence-corrected chi connectivity index (χ1v) is 12.8. The van der Waals surface area contributed by atoms with Crippen LogP contribution in [0.25, 0.3) is 77.2 Å². The van der Waals surface area contributed by atoms with Crippen molar-refractivity contribution in [3.63, 3.8) is 0 Å². The Balaban J connectivity index is 1.94. The normalized spacial score (nSPS) is 20.7. The van der Waals surface area contributed by atoms with Crippen LogP contribution in [0.3, 0.4) is 0 Å². The van der Waals surface area contributed by atoms with Crippen LogP contribution in [0.5, 0.6) is 0 Å². The van der Waals surface area contributed by atoms with Gasteiger partial charge in [0.2, 0.25) is 0 Å². The van der Waals surface area contributed by atoms with Crippen LogP contribution in [0.1, 0.15) is 41.1 Å². The molecule has 0 bridgehead atoms. The van der Waals surface area contributed by atoms with Gasteiger partial charge < -0.3 is 0 Å². The molecule has 0 fully saturated rings. The van der Waals surface area contributed by atoms with E-state index in [-0.39, 0.29) is 0 Å². The SMILES string of the molecule is [2H]c1c([2H])c([2H])c(-c2c([2H])c(-c3c([2H])c([2H])c([2H])c([2H])c3[2H])c(-c3c4c([2H])c([2H])c([2H])c([2H])c4c(-c4c([2H])c([2H])c([2H])c([2H])c4[2H])c4c([2H])c([2H])c([2H])c([2H])c34)c(-c3c([2H])c([2H])c([2H])c([2H])c3[2H])c2[2H])c([2H])c1[2H]. The Bertz CT molecular complexity index is 3660. The van der Waals surface area contributed by atoms with E-state index in [4.69, 9.17) is 27.4 Å². The zero-order chi connectivity index (χ0) is 55.4. The van der Waals surface area contributed by atoms with Crippen LogP contribution in [-0.2, 0) is 0 Å². The van der Waals surface area contributed by atoms with E-state index < -0.39 is 258 Å². The first-order valence-electron chi connectivity index (χ1n) is 27.8. The van der Waals surface area contributed by atoms with Crippen LogP contribution in [0.15, 0.2) is 181 Å². The fourth-order valence-corrected chi connectivity index (χ4v) is 4.91. The lowest BCUT2D eigenvalue weighted by atomic mass is 9.79. The van der Waals surface area contributed by atoms with Crippen molar-refractivity contribution in [1.29, 1.82) is 0 Å². The lowest BCUT2D eigenvalue weighted by Gasteiger charge is -2.23. The zero-order valence-corrected chi connectivity index (χ0v) is 22.0. The highest BCUT2D eigenvalue weighted by Gasteiger charge is 2.23. The summed E-state index contributed by atoms with van der Waals surface area (Å²) in [7, 11) is 0. The molecule has 0 atom stereocenters. The van der Waals surface area contributed by atoms with E-state index >= 15 is 0 Å². The average Bonchev–Trinajstić information content (AvgIpc) is 3.37. The second-order valence-corrected chi connectivity index (χ2v) is 9.00. The summed E-state index contributed by atoms with van der Waals surface area (Å²) in [6, 6.07) is -33.1. The van der Waals surface area contributed by atoms with Crippen molar-refractivity contribution in [2.45, 2.75) is 0 Å². The fourth-order valence-electron chi connectivity index (χ4n) is 4.91. The first kappa shape index (κ1) is 9.39. The van der Waals surface area contributed by atoms with Crippen LogP contribution >= 0.6 is 0 Å². The Hall–Kier alpha value is -5.72. The lowest BCUT2D eigenvalue weighted by Crippen LogP contribution is -1.96. The minimum atomic E-state index is -1.27. The topological polar surface area (TPSA) is 0 Å². The van der Waals surface area contributed by atoms with Gasteiger partial charge >= 0.3 is 0 Å². The Morgan fingerprint density at radius 2 is 0.568 bits per heavy atom. The van der Waals surface area contributed by atoms with Crippen LogP contribution in [0.4, 0.5) is 0 Å². The lowest BCUT2D eigenvalue weighted by molar-refractivity contribution is 1.56. The number of benzene rings is 8. The Labute approximate surface area is 300 Å². The maximum absolute atomic E-state index is 10.1. The molecule has 0 heterocycles. The molecule has 8 aromatic carbocycles. The number of fused-ring (bicyclic) bond motifs is 2. The molecule has 8 rings (SSSR count). The van der Waals surface area contributed by atoms with E-state index in [1.54, 1.807) is 0 Å². The summed E-state index contributed by atoms with van der Waals surface area (Å²) in [6.45, 7) is 0. The molecule has 0 saturated carbocycles. The second kappa shape index (κ2) is 11.2. The maximum atomic E-state index is 10.1. The van der Waals surface area contributed by atoms with Crippen molar-refractivity contribution in [3.8, 4) is 55.6 Å². The highest BCUT2D eigenvalue weighted by Crippen LogP contribution is 2.50. The van der Waals surface area contributed by atoms with Gasteiger partial charge in [-0.3, -0.25) is 0 Å². The third-order valence-electron chi connectivity index (χ3n) is 6.62. The molecule has 0 amide bonds. The summed E-state index contributed by atoms with van der Waals surface area (Å²) in [6.07, 6.45) is 0. The molecule has 0 radical (unpaired) electrons. The Morgan fingerprint density at radius 3 is 0.977 bits per heavy atom. The van der Waals surface area contributed by atoms with Crippen LogP contribution < -0.4 is 0 Å². The molecule has 0 aliphatic rings. The van der Waals surface area contributed by atoms with E-state index in [1.807, 2.05) is 0 Å². The molecule has 206 valence electrons. The molecule has 0 aliphatic heterocycles. The van der Waals surface area contributed by atoms with Crippen molar-refractivity contribution >= 4 is 21.5 Å². The minimum absolute atomic E-state index is 0.823. The molecule has 0 aromatic heterocycles.